The number of nitrogens with zero attached hydrogens (tertiary/aromatic N) is 1. The topological polar surface area (TPSA) is 29.5 Å². The number of Topliss-reactive ketones (excluding diaryl/α,β-unsaturated/α-hetero) is 1. The summed E-state index contributed by atoms with van der Waals surface area (Å²) in [5.41, 5.74) is 0.795. The van der Waals surface area contributed by atoms with E-state index in [9.17, 15) is 4.79 Å². The Hall–Kier alpha value is -1.35. The number of rotatable bonds is 14. The van der Waals surface area contributed by atoms with Crippen LogP contribution in [0.15, 0.2) is 24.3 Å². The van der Waals surface area contributed by atoms with E-state index < -0.39 is 0 Å². The zero-order valence-electron chi connectivity index (χ0n) is 15.9. The lowest BCUT2D eigenvalue weighted by Crippen LogP contribution is -2.28. The predicted molar refractivity (Wildman–Crippen MR) is 102 cm³/mol. The number of carbonyl (C=O) groups excluding carboxylic acids is 1. The Balaban J connectivity index is 2.44. The fraction of sp³-hybridized carbons (Fsp3) is 0.667. The van der Waals surface area contributed by atoms with Gasteiger partial charge < -0.3 is 9.64 Å². The molecule has 0 fully saturated rings. The lowest BCUT2D eigenvalue weighted by Gasteiger charge is -2.21. The fourth-order valence-corrected chi connectivity index (χ4v) is 2.57. The van der Waals surface area contributed by atoms with Crippen molar-refractivity contribution < 1.29 is 9.53 Å². The van der Waals surface area contributed by atoms with Crippen LogP contribution in [-0.2, 0) is 0 Å². The van der Waals surface area contributed by atoms with E-state index in [2.05, 4.69) is 25.7 Å². The fourth-order valence-electron chi connectivity index (χ4n) is 2.57. The highest BCUT2D eigenvalue weighted by Crippen LogP contribution is 2.14. The van der Waals surface area contributed by atoms with Crippen LogP contribution in [0.3, 0.4) is 0 Å². The van der Waals surface area contributed by atoms with Crippen molar-refractivity contribution in [1.82, 2.24) is 4.90 Å². The minimum Gasteiger partial charge on any atom is -0.494 e. The quantitative estimate of drug-likeness (QED) is 0.340. The number of benzene rings is 1. The van der Waals surface area contributed by atoms with Gasteiger partial charge in [-0.2, -0.15) is 0 Å². The maximum absolute atomic E-state index is 12.4. The molecule has 0 unspecified atom stereocenters. The Kier molecular flexibility index (Phi) is 11.2. The van der Waals surface area contributed by atoms with E-state index in [4.69, 9.17) is 4.74 Å². The Bertz CT molecular complexity index is 434. The average molecular weight is 334 g/mol. The molecule has 0 saturated heterocycles. The first-order valence-electron chi connectivity index (χ1n) is 9.69. The normalized spacial score (nSPS) is 11.0. The van der Waals surface area contributed by atoms with E-state index in [1.807, 2.05) is 24.3 Å². The first-order valence-corrected chi connectivity index (χ1v) is 9.69. The van der Waals surface area contributed by atoms with E-state index in [0.717, 1.165) is 50.4 Å². The second-order valence-electron chi connectivity index (χ2n) is 6.45. The molecule has 0 aliphatic rings. The number of carbonyl (C=O) groups is 1. The van der Waals surface area contributed by atoms with Gasteiger partial charge in [0.05, 0.1) is 6.61 Å². The van der Waals surface area contributed by atoms with E-state index in [-0.39, 0.29) is 5.78 Å². The lowest BCUT2D eigenvalue weighted by atomic mass is 10.1. The standard InChI is InChI=1S/C21H35NO2/c1-4-7-15-22(16-8-5-2)17-14-21(23)19-10-12-20(13-11-19)24-18-9-6-3/h10-13H,4-9,14-18H2,1-3H3. The number of ether oxygens (including phenoxy) is 1. The van der Waals surface area contributed by atoms with E-state index >= 15 is 0 Å². The molecule has 0 aromatic heterocycles. The molecular formula is C21H35NO2. The van der Waals surface area contributed by atoms with Gasteiger partial charge in [0.15, 0.2) is 5.78 Å². The van der Waals surface area contributed by atoms with E-state index in [0.29, 0.717) is 6.42 Å². The molecule has 0 radical (unpaired) electrons. The van der Waals surface area contributed by atoms with Crippen LogP contribution in [0, 0.1) is 0 Å². The Morgan fingerprint density at radius 3 is 2.00 bits per heavy atom. The van der Waals surface area contributed by atoms with Crippen molar-refractivity contribution in [3.8, 4) is 5.75 Å². The molecule has 0 N–H and O–H groups in total. The zero-order chi connectivity index (χ0) is 17.6. The van der Waals surface area contributed by atoms with Crippen LogP contribution in [0.5, 0.6) is 5.75 Å². The molecule has 0 aliphatic carbocycles. The van der Waals surface area contributed by atoms with Gasteiger partial charge in [-0.15, -0.1) is 0 Å². The highest BCUT2D eigenvalue weighted by atomic mass is 16.5. The highest BCUT2D eigenvalue weighted by Gasteiger charge is 2.10. The van der Waals surface area contributed by atoms with Crippen molar-refractivity contribution >= 4 is 5.78 Å². The van der Waals surface area contributed by atoms with Crippen molar-refractivity contribution in [2.24, 2.45) is 0 Å². The lowest BCUT2D eigenvalue weighted by molar-refractivity contribution is 0.0963. The molecule has 0 bridgehead atoms. The van der Waals surface area contributed by atoms with Crippen LogP contribution >= 0.6 is 0 Å². The molecule has 1 aromatic carbocycles. The molecule has 3 heteroatoms. The van der Waals surface area contributed by atoms with E-state index in [1.165, 1.54) is 25.7 Å². The second kappa shape index (κ2) is 13.0. The van der Waals surface area contributed by atoms with Gasteiger partial charge in [0.1, 0.15) is 5.75 Å². The van der Waals surface area contributed by atoms with Gasteiger partial charge in [0.2, 0.25) is 0 Å². The Morgan fingerprint density at radius 1 is 0.875 bits per heavy atom. The summed E-state index contributed by atoms with van der Waals surface area (Å²) in [4.78, 5) is 14.8. The van der Waals surface area contributed by atoms with Gasteiger partial charge >= 0.3 is 0 Å². The number of unbranched alkanes of at least 4 members (excludes halogenated alkanes) is 3. The van der Waals surface area contributed by atoms with Crippen LogP contribution < -0.4 is 4.74 Å². The minimum absolute atomic E-state index is 0.230. The zero-order valence-corrected chi connectivity index (χ0v) is 15.9. The summed E-state index contributed by atoms with van der Waals surface area (Å²) < 4.78 is 5.65. The maximum atomic E-state index is 12.4. The molecule has 0 saturated carbocycles. The third-order valence-corrected chi connectivity index (χ3v) is 4.25. The van der Waals surface area contributed by atoms with Crippen molar-refractivity contribution in [2.75, 3.05) is 26.2 Å². The van der Waals surface area contributed by atoms with Crippen LogP contribution in [0.2, 0.25) is 0 Å². The average Bonchev–Trinajstić information content (AvgIpc) is 2.61. The summed E-state index contributed by atoms with van der Waals surface area (Å²) in [5.74, 6) is 1.08. The molecule has 0 spiro atoms. The molecule has 24 heavy (non-hydrogen) atoms. The van der Waals surface area contributed by atoms with Gasteiger partial charge in [-0.05, 0) is 56.6 Å². The van der Waals surface area contributed by atoms with Crippen LogP contribution in [0.25, 0.3) is 0 Å². The molecule has 0 amide bonds. The van der Waals surface area contributed by atoms with Gasteiger partial charge in [-0.1, -0.05) is 40.0 Å². The molecule has 0 aliphatic heterocycles. The first kappa shape index (κ1) is 20.7. The molecule has 3 nitrogen and oxygen atoms in total. The molecule has 136 valence electrons. The molecular weight excluding hydrogens is 298 g/mol. The second-order valence-corrected chi connectivity index (χ2v) is 6.45. The largest absolute Gasteiger partial charge is 0.494 e. The predicted octanol–water partition coefficient (Wildman–Crippen LogP) is 5.34. The van der Waals surface area contributed by atoms with Crippen molar-refractivity contribution in [3.05, 3.63) is 29.8 Å². The van der Waals surface area contributed by atoms with Crippen LogP contribution in [0.1, 0.15) is 76.1 Å². The van der Waals surface area contributed by atoms with Crippen molar-refractivity contribution in [3.63, 3.8) is 0 Å². The summed E-state index contributed by atoms with van der Waals surface area (Å²) in [7, 11) is 0. The summed E-state index contributed by atoms with van der Waals surface area (Å²) in [6.07, 6.45) is 7.62. The summed E-state index contributed by atoms with van der Waals surface area (Å²) in [5, 5.41) is 0. The van der Waals surface area contributed by atoms with Crippen molar-refractivity contribution in [2.45, 2.75) is 65.7 Å². The van der Waals surface area contributed by atoms with Crippen LogP contribution in [0.4, 0.5) is 0 Å². The Morgan fingerprint density at radius 2 is 1.46 bits per heavy atom. The van der Waals surface area contributed by atoms with Gasteiger partial charge in [-0.25, -0.2) is 0 Å². The number of ketones is 1. The number of hydrogen-bond donors (Lipinski definition) is 0. The first-order chi connectivity index (χ1) is 11.7. The molecule has 0 atom stereocenters. The van der Waals surface area contributed by atoms with E-state index in [1.54, 1.807) is 0 Å². The molecule has 1 rings (SSSR count). The smallest absolute Gasteiger partial charge is 0.164 e. The minimum atomic E-state index is 0.230. The third-order valence-electron chi connectivity index (χ3n) is 4.25. The maximum Gasteiger partial charge on any atom is 0.164 e. The van der Waals surface area contributed by atoms with Crippen LogP contribution in [-0.4, -0.2) is 36.9 Å². The summed E-state index contributed by atoms with van der Waals surface area (Å²) in [6.45, 7) is 10.4. The monoisotopic (exact) mass is 333 g/mol. The molecule has 1 aromatic rings. The van der Waals surface area contributed by atoms with Crippen molar-refractivity contribution in [1.29, 1.82) is 0 Å². The van der Waals surface area contributed by atoms with Gasteiger partial charge in [0, 0.05) is 18.5 Å². The SMILES string of the molecule is CCCCOc1ccc(C(=O)CCN(CCCC)CCCC)cc1. The summed E-state index contributed by atoms with van der Waals surface area (Å²) >= 11 is 0. The summed E-state index contributed by atoms with van der Waals surface area (Å²) in [6, 6.07) is 7.61. The molecule has 0 heterocycles. The van der Waals surface area contributed by atoms with Gasteiger partial charge in [-0.3, -0.25) is 4.79 Å². The van der Waals surface area contributed by atoms with Gasteiger partial charge in [0.25, 0.3) is 0 Å². The third kappa shape index (κ3) is 8.49. The highest BCUT2D eigenvalue weighted by molar-refractivity contribution is 5.96. The Labute approximate surface area is 148 Å². The number of hydrogen-bond acceptors (Lipinski definition) is 3.